The van der Waals surface area contributed by atoms with Crippen molar-refractivity contribution in [1.82, 2.24) is 4.98 Å². The predicted molar refractivity (Wildman–Crippen MR) is 70.0 cm³/mol. The highest BCUT2D eigenvalue weighted by atomic mass is 19.4. The first-order valence-corrected chi connectivity index (χ1v) is 6.20. The van der Waals surface area contributed by atoms with Crippen molar-refractivity contribution in [1.29, 1.82) is 0 Å². The molecule has 3 nitrogen and oxygen atoms in total. The summed E-state index contributed by atoms with van der Waals surface area (Å²) in [6.45, 7) is 1.51. The zero-order valence-corrected chi connectivity index (χ0v) is 10.9. The van der Waals surface area contributed by atoms with Crippen LogP contribution in [0.5, 0.6) is 0 Å². The van der Waals surface area contributed by atoms with Gasteiger partial charge in [0.2, 0.25) is 5.60 Å². The first-order chi connectivity index (χ1) is 9.32. The number of hydrogen-bond donors (Lipinski definition) is 2. The van der Waals surface area contributed by atoms with E-state index in [-0.39, 0.29) is 12.0 Å². The van der Waals surface area contributed by atoms with Crippen molar-refractivity contribution in [3.63, 3.8) is 0 Å². The number of nitrogens with zero attached hydrogens (tertiary/aromatic N) is 1. The summed E-state index contributed by atoms with van der Waals surface area (Å²) >= 11 is 0. The minimum atomic E-state index is -4.86. The molecule has 2 rings (SSSR count). The van der Waals surface area contributed by atoms with Gasteiger partial charge in [0, 0.05) is 29.4 Å². The number of halogens is 3. The summed E-state index contributed by atoms with van der Waals surface area (Å²) in [5.74, 6) is 0. The number of fused-ring (bicyclic) bond motifs is 1. The van der Waals surface area contributed by atoms with Crippen molar-refractivity contribution in [2.24, 2.45) is 5.73 Å². The molecule has 0 aliphatic rings. The van der Waals surface area contributed by atoms with E-state index in [0.717, 1.165) is 0 Å². The van der Waals surface area contributed by atoms with Gasteiger partial charge in [-0.25, -0.2) is 0 Å². The van der Waals surface area contributed by atoms with Crippen LogP contribution in [0.3, 0.4) is 0 Å². The van der Waals surface area contributed by atoms with Crippen molar-refractivity contribution < 1.29 is 18.3 Å². The summed E-state index contributed by atoms with van der Waals surface area (Å²) in [5, 5.41) is 11.1. The molecule has 0 aliphatic heterocycles. The van der Waals surface area contributed by atoms with E-state index < -0.39 is 17.8 Å². The Morgan fingerprint density at radius 2 is 2.00 bits per heavy atom. The third-order valence-electron chi connectivity index (χ3n) is 3.50. The Labute approximate surface area is 114 Å². The second kappa shape index (κ2) is 5.03. The van der Waals surface area contributed by atoms with Crippen LogP contribution >= 0.6 is 0 Å². The average Bonchev–Trinajstić information content (AvgIpc) is 2.43. The topological polar surface area (TPSA) is 59.1 Å². The summed E-state index contributed by atoms with van der Waals surface area (Å²) < 4.78 is 40.2. The highest BCUT2D eigenvalue weighted by Crippen LogP contribution is 2.44. The Morgan fingerprint density at radius 3 is 2.60 bits per heavy atom. The molecule has 2 aromatic rings. The fourth-order valence-electron chi connectivity index (χ4n) is 2.31. The fraction of sp³-hybridized carbons (Fsp3) is 0.357. The molecule has 1 aromatic heterocycles. The van der Waals surface area contributed by atoms with Gasteiger partial charge in [-0.3, -0.25) is 4.98 Å². The van der Waals surface area contributed by atoms with Crippen LogP contribution in [0.15, 0.2) is 36.7 Å². The SMILES string of the molecule is CCC(N)C(O)(c1cccc2cnccc12)C(F)(F)F. The second-order valence-electron chi connectivity index (χ2n) is 4.68. The van der Waals surface area contributed by atoms with E-state index in [1.807, 2.05) is 0 Å². The molecule has 108 valence electrons. The van der Waals surface area contributed by atoms with Crippen LogP contribution < -0.4 is 5.73 Å². The van der Waals surface area contributed by atoms with Crippen molar-refractivity contribution in [2.45, 2.75) is 31.2 Å². The first-order valence-electron chi connectivity index (χ1n) is 6.20. The lowest BCUT2D eigenvalue weighted by atomic mass is 9.82. The first kappa shape index (κ1) is 14.7. The summed E-state index contributed by atoms with van der Waals surface area (Å²) in [7, 11) is 0. The molecule has 3 N–H and O–H groups in total. The van der Waals surface area contributed by atoms with Crippen molar-refractivity contribution in [2.75, 3.05) is 0 Å². The summed E-state index contributed by atoms with van der Waals surface area (Å²) in [6.07, 6.45) is -2.02. The summed E-state index contributed by atoms with van der Waals surface area (Å²) in [5.41, 5.74) is 2.26. The molecule has 2 atom stereocenters. The molecule has 0 amide bonds. The summed E-state index contributed by atoms with van der Waals surface area (Å²) in [6, 6.07) is 4.36. The highest BCUT2D eigenvalue weighted by molar-refractivity contribution is 5.85. The molecule has 6 heteroatoms. The maximum absolute atomic E-state index is 13.4. The van der Waals surface area contributed by atoms with Gasteiger partial charge in [-0.15, -0.1) is 0 Å². The van der Waals surface area contributed by atoms with Gasteiger partial charge in [-0.1, -0.05) is 25.1 Å². The van der Waals surface area contributed by atoms with Crippen molar-refractivity contribution >= 4 is 10.8 Å². The Kier molecular flexibility index (Phi) is 3.71. The van der Waals surface area contributed by atoms with E-state index in [0.29, 0.717) is 10.8 Å². The molecular formula is C14H15F3N2O. The molecule has 0 fully saturated rings. The van der Waals surface area contributed by atoms with Crippen LogP contribution in [0.1, 0.15) is 18.9 Å². The van der Waals surface area contributed by atoms with Crippen LogP contribution in [0, 0.1) is 0 Å². The zero-order valence-electron chi connectivity index (χ0n) is 10.9. The molecular weight excluding hydrogens is 269 g/mol. The minimum absolute atomic E-state index is 0.00250. The number of aliphatic hydroxyl groups is 1. The van der Waals surface area contributed by atoms with Crippen molar-refractivity contribution in [3.05, 3.63) is 42.2 Å². The number of alkyl halides is 3. The Hall–Kier alpha value is -1.66. The molecule has 0 bridgehead atoms. The minimum Gasteiger partial charge on any atom is -0.375 e. The lowest BCUT2D eigenvalue weighted by Gasteiger charge is -2.36. The van der Waals surface area contributed by atoms with E-state index in [4.69, 9.17) is 5.73 Å². The van der Waals surface area contributed by atoms with Crippen LogP contribution in [0.4, 0.5) is 13.2 Å². The smallest absolute Gasteiger partial charge is 0.375 e. The molecule has 20 heavy (non-hydrogen) atoms. The molecule has 1 aromatic carbocycles. The van der Waals surface area contributed by atoms with Gasteiger partial charge in [0.05, 0.1) is 0 Å². The van der Waals surface area contributed by atoms with Gasteiger partial charge in [0.1, 0.15) is 0 Å². The maximum atomic E-state index is 13.4. The molecule has 0 saturated heterocycles. The van der Waals surface area contributed by atoms with Gasteiger partial charge in [0.25, 0.3) is 0 Å². The monoisotopic (exact) mass is 284 g/mol. The van der Waals surface area contributed by atoms with Crippen LogP contribution in [0.25, 0.3) is 10.8 Å². The number of hydrogen-bond acceptors (Lipinski definition) is 3. The zero-order chi connectivity index (χ0) is 15.0. The maximum Gasteiger partial charge on any atom is 0.423 e. The van der Waals surface area contributed by atoms with E-state index in [9.17, 15) is 18.3 Å². The Bertz CT molecular complexity index is 609. The lowest BCUT2D eigenvalue weighted by Crippen LogP contribution is -2.55. The van der Waals surface area contributed by atoms with Gasteiger partial charge in [-0.05, 0) is 17.9 Å². The van der Waals surface area contributed by atoms with Gasteiger partial charge < -0.3 is 10.8 Å². The number of nitrogens with two attached hydrogens (primary N) is 1. The Morgan fingerprint density at radius 1 is 1.30 bits per heavy atom. The number of benzene rings is 1. The molecule has 2 unspecified atom stereocenters. The van der Waals surface area contributed by atoms with Gasteiger partial charge >= 0.3 is 6.18 Å². The number of pyridine rings is 1. The normalized spacial score (nSPS) is 16.9. The fourth-order valence-corrected chi connectivity index (χ4v) is 2.31. The number of rotatable bonds is 3. The summed E-state index contributed by atoms with van der Waals surface area (Å²) in [4.78, 5) is 3.87. The predicted octanol–water partition coefficient (Wildman–Crippen LogP) is 2.72. The standard InChI is InChI=1S/C14H15F3N2O/c1-2-12(18)13(20,14(15,16)17)11-5-3-4-9-8-19-7-6-10(9)11/h3-8,12,20H,2,18H2,1H3. The van der Waals surface area contributed by atoms with Crippen molar-refractivity contribution in [3.8, 4) is 0 Å². The third kappa shape index (κ3) is 2.14. The molecule has 0 radical (unpaired) electrons. The molecule has 1 heterocycles. The second-order valence-corrected chi connectivity index (χ2v) is 4.68. The largest absolute Gasteiger partial charge is 0.423 e. The lowest BCUT2D eigenvalue weighted by molar-refractivity contribution is -0.274. The van der Waals surface area contributed by atoms with Crippen LogP contribution in [-0.4, -0.2) is 22.3 Å². The van der Waals surface area contributed by atoms with E-state index in [2.05, 4.69) is 4.98 Å². The molecule has 0 saturated carbocycles. The van der Waals surface area contributed by atoms with Crippen LogP contribution in [0.2, 0.25) is 0 Å². The van der Waals surface area contributed by atoms with E-state index >= 15 is 0 Å². The van der Waals surface area contributed by atoms with Crippen LogP contribution in [-0.2, 0) is 5.60 Å². The Balaban J connectivity index is 2.76. The highest BCUT2D eigenvalue weighted by Gasteiger charge is 2.58. The molecule has 0 spiro atoms. The van der Waals surface area contributed by atoms with Gasteiger partial charge in [0.15, 0.2) is 0 Å². The van der Waals surface area contributed by atoms with E-state index in [1.165, 1.54) is 37.5 Å². The third-order valence-corrected chi connectivity index (χ3v) is 3.50. The number of aromatic nitrogens is 1. The van der Waals surface area contributed by atoms with Gasteiger partial charge in [-0.2, -0.15) is 13.2 Å². The molecule has 0 aliphatic carbocycles. The quantitative estimate of drug-likeness (QED) is 0.911. The average molecular weight is 284 g/mol. The van der Waals surface area contributed by atoms with E-state index in [1.54, 1.807) is 6.07 Å².